The number of carbonyl (C=O) groups excluding carboxylic acids is 3. The molecule has 1 unspecified atom stereocenters. The number of ether oxygens (including phenoxy) is 1. The van der Waals surface area contributed by atoms with Gasteiger partial charge in [0.25, 0.3) is 5.91 Å². The van der Waals surface area contributed by atoms with Crippen molar-refractivity contribution in [3.05, 3.63) is 59.2 Å². The van der Waals surface area contributed by atoms with Gasteiger partial charge in [-0.05, 0) is 38.5 Å². The van der Waals surface area contributed by atoms with E-state index in [4.69, 9.17) is 4.74 Å². The normalized spacial score (nSPS) is 15.6. The monoisotopic (exact) mass is 509 g/mol. The maximum Gasteiger partial charge on any atom is 0.417 e. The van der Waals surface area contributed by atoms with Gasteiger partial charge in [0, 0.05) is 24.0 Å². The number of nitrogens with zero attached hydrogens (tertiary/aromatic N) is 1. The number of anilines is 1. The Labute approximate surface area is 205 Å². The largest absolute Gasteiger partial charge is 0.445 e. The number of hydrogen-bond acceptors (Lipinski definition) is 5. The third kappa shape index (κ3) is 6.68. The number of alkyl carbamates (subject to hydrolysis) is 1. The van der Waals surface area contributed by atoms with E-state index >= 15 is 0 Å². The summed E-state index contributed by atoms with van der Waals surface area (Å²) >= 11 is 0.999. The van der Waals surface area contributed by atoms with Gasteiger partial charge in [-0.3, -0.25) is 9.59 Å². The van der Waals surface area contributed by atoms with E-state index in [1.54, 1.807) is 32.9 Å². The van der Waals surface area contributed by atoms with Crippen molar-refractivity contribution >= 4 is 35.4 Å². The number of nitrogens with one attached hydrogen (secondary N) is 2. The minimum atomic E-state index is -4.75. The second kappa shape index (κ2) is 11.0. The van der Waals surface area contributed by atoms with Crippen molar-refractivity contribution in [1.82, 2.24) is 10.6 Å². The second-order valence-corrected chi connectivity index (χ2v) is 9.61. The van der Waals surface area contributed by atoms with Crippen LogP contribution in [0.5, 0.6) is 0 Å². The van der Waals surface area contributed by atoms with Gasteiger partial charge < -0.3 is 20.3 Å². The average Bonchev–Trinajstić information content (AvgIpc) is 2.79. The zero-order valence-corrected chi connectivity index (χ0v) is 20.3. The number of carbonyl (C=O) groups is 3. The van der Waals surface area contributed by atoms with Crippen LogP contribution in [-0.2, 0) is 22.3 Å². The first-order valence-electron chi connectivity index (χ1n) is 11.0. The lowest BCUT2D eigenvalue weighted by Crippen LogP contribution is -2.44. The second-order valence-electron chi connectivity index (χ2n) is 8.23. The number of benzene rings is 2. The SMILES string of the molecule is CC(C)NC(=O)c1cc2c(cc1C(F)(F)F)SC(C)C(=O)N2CCNC(=O)OCc1ccccc1. The molecule has 188 valence electrons. The van der Waals surface area contributed by atoms with Crippen LogP contribution in [0.3, 0.4) is 0 Å². The molecule has 0 aliphatic carbocycles. The summed E-state index contributed by atoms with van der Waals surface area (Å²) in [5.74, 6) is -1.22. The molecular weight excluding hydrogens is 483 g/mol. The van der Waals surface area contributed by atoms with Crippen LogP contribution in [0.25, 0.3) is 0 Å². The Kier molecular flexibility index (Phi) is 8.31. The van der Waals surface area contributed by atoms with E-state index in [2.05, 4.69) is 10.6 Å². The molecule has 35 heavy (non-hydrogen) atoms. The van der Waals surface area contributed by atoms with Crippen molar-refractivity contribution in [2.45, 2.75) is 49.7 Å². The molecule has 0 spiro atoms. The number of thioether (sulfide) groups is 1. The molecule has 11 heteroatoms. The molecule has 1 heterocycles. The fourth-order valence-corrected chi connectivity index (χ4v) is 4.57. The van der Waals surface area contributed by atoms with Gasteiger partial charge in [-0.15, -0.1) is 11.8 Å². The molecule has 3 rings (SSSR count). The number of halogens is 3. The van der Waals surface area contributed by atoms with Gasteiger partial charge in [0.2, 0.25) is 5.91 Å². The number of alkyl halides is 3. The van der Waals surface area contributed by atoms with Gasteiger partial charge in [-0.25, -0.2) is 4.79 Å². The molecule has 7 nitrogen and oxygen atoms in total. The van der Waals surface area contributed by atoms with Gasteiger partial charge in [-0.2, -0.15) is 13.2 Å². The van der Waals surface area contributed by atoms with Crippen LogP contribution in [-0.4, -0.2) is 42.3 Å². The molecule has 2 aromatic carbocycles. The summed E-state index contributed by atoms with van der Waals surface area (Å²) in [6.07, 6.45) is -5.44. The summed E-state index contributed by atoms with van der Waals surface area (Å²) in [5.41, 5.74) is -0.625. The quantitative estimate of drug-likeness (QED) is 0.570. The minimum absolute atomic E-state index is 0.00470. The first-order valence-corrected chi connectivity index (χ1v) is 11.8. The molecule has 1 atom stereocenters. The number of amides is 3. The molecule has 1 aliphatic heterocycles. The maximum absolute atomic E-state index is 13.7. The highest BCUT2D eigenvalue weighted by molar-refractivity contribution is 8.01. The van der Waals surface area contributed by atoms with E-state index in [0.717, 1.165) is 29.5 Å². The van der Waals surface area contributed by atoms with E-state index in [9.17, 15) is 27.6 Å². The number of fused-ring (bicyclic) bond motifs is 1. The van der Waals surface area contributed by atoms with Crippen molar-refractivity contribution < 1.29 is 32.3 Å². The summed E-state index contributed by atoms with van der Waals surface area (Å²) in [5, 5.41) is 4.39. The van der Waals surface area contributed by atoms with Crippen molar-refractivity contribution in [2.24, 2.45) is 0 Å². The number of rotatable bonds is 7. The summed E-state index contributed by atoms with van der Waals surface area (Å²) in [7, 11) is 0. The highest BCUT2D eigenvalue weighted by Gasteiger charge is 2.39. The van der Waals surface area contributed by atoms with Crippen LogP contribution in [0, 0.1) is 0 Å². The lowest BCUT2D eigenvalue weighted by atomic mass is 10.0. The van der Waals surface area contributed by atoms with Crippen molar-refractivity contribution in [3.8, 4) is 0 Å². The van der Waals surface area contributed by atoms with Crippen LogP contribution >= 0.6 is 11.8 Å². The van der Waals surface area contributed by atoms with E-state index in [1.807, 2.05) is 18.2 Å². The maximum atomic E-state index is 13.7. The standard InChI is InChI=1S/C24H26F3N3O4S/c1-14(2)29-21(31)17-11-19-20(12-18(17)24(25,26)27)35-15(3)22(32)30(19)10-9-28-23(33)34-13-16-7-5-4-6-8-16/h4-8,11-12,14-15H,9-10,13H2,1-3H3,(H,28,33)(H,29,31). The van der Waals surface area contributed by atoms with Gasteiger partial charge in [0.05, 0.1) is 22.1 Å². The van der Waals surface area contributed by atoms with Crippen molar-refractivity contribution in [3.63, 3.8) is 0 Å². The Morgan fingerprint density at radius 1 is 1.17 bits per heavy atom. The van der Waals surface area contributed by atoms with E-state index in [1.165, 1.54) is 4.90 Å². The molecule has 1 aliphatic rings. The van der Waals surface area contributed by atoms with Crippen LogP contribution in [0.15, 0.2) is 47.4 Å². The summed E-state index contributed by atoms with van der Waals surface area (Å²) in [4.78, 5) is 39.0. The topological polar surface area (TPSA) is 87.7 Å². The molecule has 0 radical (unpaired) electrons. The van der Waals surface area contributed by atoms with Crippen LogP contribution < -0.4 is 15.5 Å². The Morgan fingerprint density at radius 3 is 2.49 bits per heavy atom. The van der Waals surface area contributed by atoms with Crippen molar-refractivity contribution in [2.75, 3.05) is 18.0 Å². The zero-order valence-electron chi connectivity index (χ0n) is 19.4. The molecule has 0 aromatic heterocycles. The molecule has 0 saturated carbocycles. The fraction of sp³-hybridized carbons (Fsp3) is 0.375. The Bertz CT molecular complexity index is 1090. The van der Waals surface area contributed by atoms with Crippen molar-refractivity contribution in [1.29, 1.82) is 0 Å². The first kappa shape index (κ1) is 26.4. The molecule has 0 saturated heterocycles. The lowest BCUT2D eigenvalue weighted by molar-refractivity contribution is -0.138. The van der Waals surface area contributed by atoms with E-state index < -0.39 is 34.6 Å². The van der Waals surface area contributed by atoms with E-state index in [0.29, 0.717) is 0 Å². The minimum Gasteiger partial charge on any atom is -0.445 e. The zero-order chi connectivity index (χ0) is 25.8. The summed E-state index contributed by atoms with van der Waals surface area (Å²) in [6, 6.07) is 10.7. The Balaban J connectivity index is 1.78. The Morgan fingerprint density at radius 2 is 1.86 bits per heavy atom. The predicted octanol–water partition coefficient (Wildman–Crippen LogP) is 4.60. The highest BCUT2D eigenvalue weighted by atomic mass is 32.2. The van der Waals surface area contributed by atoms with Crippen LogP contribution in [0.4, 0.5) is 23.7 Å². The average molecular weight is 510 g/mol. The summed E-state index contributed by atoms with van der Waals surface area (Å²) in [6.45, 7) is 4.94. The Hall–Kier alpha value is -3.21. The number of hydrogen-bond donors (Lipinski definition) is 2. The smallest absolute Gasteiger partial charge is 0.417 e. The fourth-order valence-electron chi connectivity index (χ4n) is 3.49. The summed E-state index contributed by atoms with van der Waals surface area (Å²) < 4.78 is 46.4. The van der Waals surface area contributed by atoms with Gasteiger partial charge >= 0.3 is 12.3 Å². The van der Waals surface area contributed by atoms with E-state index in [-0.39, 0.29) is 42.2 Å². The molecule has 0 fully saturated rings. The van der Waals surface area contributed by atoms with Crippen LogP contribution in [0.1, 0.15) is 42.3 Å². The molecule has 3 amide bonds. The van der Waals surface area contributed by atoms with Gasteiger partial charge in [-0.1, -0.05) is 30.3 Å². The third-order valence-electron chi connectivity index (χ3n) is 5.09. The third-order valence-corrected chi connectivity index (χ3v) is 6.23. The van der Waals surface area contributed by atoms with Gasteiger partial charge in [0.1, 0.15) is 6.61 Å². The predicted molar refractivity (Wildman–Crippen MR) is 126 cm³/mol. The molecular formula is C24H26F3N3O4S. The van der Waals surface area contributed by atoms with Gasteiger partial charge in [0.15, 0.2) is 0 Å². The van der Waals surface area contributed by atoms with Crippen LogP contribution in [0.2, 0.25) is 0 Å². The lowest BCUT2D eigenvalue weighted by Gasteiger charge is -2.33. The molecule has 2 aromatic rings. The first-order chi connectivity index (χ1) is 16.5. The molecule has 2 N–H and O–H groups in total. The molecule has 0 bridgehead atoms. The highest BCUT2D eigenvalue weighted by Crippen LogP contribution is 2.44.